The molecule has 1 aliphatic rings. The van der Waals surface area contributed by atoms with Crippen LogP contribution in [0.1, 0.15) is 25.7 Å². The number of carboxylic acid groups (broad SMARTS) is 2. The number of azo groups is 1. The second-order valence-electron chi connectivity index (χ2n) is 10.7. The van der Waals surface area contributed by atoms with Crippen LogP contribution in [0.25, 0.3) is 0 Å². The van der Waals surface area contributed by atoms with Crippen molar-refractivity contribution in [2.75, 3.05) is 30.3 Å². The normalized spacial score (nSPS) is 13.5. The van der Waals surface area contributed by atoms with Crippen molar-refractivity contribution < 1.29 is 48.6 Å². The van der Waals surface area contributed by atoms with Crippen LogP contribution in [0.5, 0.6) is 0 Å². The lowest BCUT2D eigenvalue weighted by atomic mass is 9.94. The van der Waals surface area contributed by atoms with Crippen LogP contribution in [0.2, 0.25) is 0 Å². The Morgan fingerprint density at radius 3 is 1.70 bits per heavy atom. The Kier molecular flexibility index (Phi) is 14.7. The van der Waals surface area contributed by atoms with E-state index < -0.39 is 72.4 Å². The van der Waals surface area contributed by atoms with Gasteiger partial charge >= 0.3 is 11.9 Å². The quantitative estimate of drug-likeness (QED) is 0.0624. The number of aliphatic carboxylic acids is 2. The van der Waals surface area contributed by atoms with Crippen molar-refractivity contribution in [3.05, 3.63) is 60.7 Å². The van der Waals surface area contributed by atoms with Crippen molar-refractivity contribution in [2.45, 2.75) is 31.7 Å². The molecule has 0 aromatic heterocycles. The van der Waals surface area contributed by atoms with E-state index in [2.05, 4.69) is 31.5 Å². The molecule has 2 atom stereocenters. The average Bonchev–Trinajstić information content (AvgIpc) is 3.39. The Hall–Kier alpha value is -6.01. The minimum atomic E-state index is -1.30. The van der Waals surface area contributed by atoms with E-state index in [1.165, 1.54) is 0 Å². The van der Waals surface area contributed by atoms with Crippen LogP contribution in [0.15, 0.2) is 70.9 Å². The molecule has 2 aromatic rings. The first-order chi connectivity index (χ1) is 23.8. The summed E-state index contributed by atoms with van der Waals surface area (Å²) in [5.74, 6) is -6.91. The number of nitrogens with zero attached hydrogens (tertiary/aromatic N) is 3. The molecular formula is C31H33ClN8O10. The summed E-state index contributed by atoms with van der Waals surface area (Å²) < 4.78 is 0. The molecular weight excluding hydrogens is 680 g/mol. The first kappa shape index (κ1) is 38.4. The summed E-state index contributed by atoms with van der Waals surface area (Å²) in [6.45, 7) is -1.20. The fraction of sp³-hybridized carbons (Fsp3) is 0.290. The predicted octanol–water partition coefficient (Wildman–Crippen LogP) is 1.59. The van der Waals surface area contributed by atoms with Gasteiger partial charge in [0.15, 0.2) is 0 Å². The topological polar surface area (TPSA) is 265 Å². The molecule has 19 heteroatoms. The summed E-state index contributed by atoms with van der Waals surface area (Å²) in [5, 5.41) is 36.4. The van der Waals surface area contributed by atoms with Gasteiger partial charge in [0.2, 0.25) is 23.6 Å². The third-order valence-corrected chi connectivity index (χ3v) is 7.20. The van der Waals surface area contributed by atoms with Crippen LogP contribution in [0.4, 0.5) is 22.7 Å². The number of carbonyl (C=O) groups excluding carboxylic acids is 6. The summed E-state index contributed by atoms with van der Waals surface area (Å²) >= 11 is 5.34. The van der Waals surface area contributed by atoms with Gasteiger partial charge in [0.1, 0.15) is 12.6 Å². The Labute approximate surface area is 289 Å². The lowest BCUT2D eigenvalue weighted by Crippen LogP contribution is -2.40. The number of benzene rings is 2. The molecule has 0 radical (unpaired) electrons. The largest absolute Gasteiger partial charge is 0.481 e. The molecule has 0 unspecified atom stereocenters. The van der Waals surface area contributed by atoms with E-state index >= 15 is 0 Å². The van der Waals surface area contributed by atoms with Crippen LogP contribution in [-0.2, 0) is 38.4 Å². The molecule has 18 nitrogen and oxygen atoms in total. The lowest BCUT2D eigenvalue weighted by molar-refractivity contribution is -0.144. The number of rotatable bonds is 19. The average molecular weight is 713 g/mol. The Balaban J connectivity index is 1.33. The van der Waals surface area contributed by atoms with Crippen LogP contribution in [-0.4, -0.2) is 88.2 Å². The second-order valence-corrected chi connectivity index (χ2v) is 10.9. The van der Waals surface area contributed by atoms with Gasteiger partial charge in [-0.25, -0.2) is 4.84 Å². The fourth-order valence-electron chi connectivity index (χ4n) is 4.31. The lowest BCUT2D eigenvalue weighted by Gasteiger charge is -2.16. The van der Waals surface area contributed by atoms with Gasteiger partial charge in [-0.1, -0.05) is 0 Å². The molecule has 0 spiro atoms. The number of halogens is 1. The summed E-state index contributed by atoms with van der Waals surface area (Å²) in [4.78, 5) is 96.9. The highest BCUT2D eigenvalue weighted by Crippen LogP contribution is 2.22. The molecule has 264 valence electrons. The molecule has 3 rings (SSSR count). The number of carboxylic acids is 2. The molecule has 7 N–H and O–H groups in total. The van der Waals surface area contributed by atoms with Gasteiger partial charge in [-0.2, -0.15) is 10.2 Å². The van der Waals surface area contributed by atoms with Crippen LogP contribution >= 0.6 is 11.8 Å². The van der Waals surface area contributed by atoms with Crippen molar-refractivity contribution in [1.82, 2.24) is 20.4 Å². The molecule has 6 amide bonds. The molecule has 0 fully saturated rings. The molecule has 2 aromatic carbocycles. The predicted molar refractivity (Wildman–Crippen MR) is 176 cm³/mol. The maximum Gasteiger partial charge on any atom is 0.321 e. The summed E-state index contributed by atoms with van der Waals surface area (Å²) in [6.07, 6.45) is 1.97. The van der Waals surface area contributed by atoms with E-state index in [1.807, 2.05) is 4.84 Å². The Morgan fingerprint density at radius 2 is 1.20 bits per heavy atom. The molecule has 0 saturated heterocycles. The number of amides is 6. The number of carbonyl (C=O) groups is 8. The Morgan fingerprint density at radius 1 is 0.700 bits per heavy atom. The summed E-state index contributed by atoms with van der Waals surface area (Å²) in [7, 11) is 0. The van der Waals surface area contributed by atoms with E-state index in [0.717, 1.165) is 17.1 Å². The van der Waals surface area contributed by atoms with Crippen molar-refractivity contribution in [1.29, 1.82) is 0 Å². The second kappa shape index (κ2) is 19.1. The number of hydrogen-bond acceptors (Lipinski definition) is 11. The third-order valence-electron chi connectivity index (χ3n) is 6.93. The Bertz CT molecular complexity index is 1650. The van der Waals surface area contributed by atoms with Gasteiger partial charge in [0.05, 0.1) is 30.4 Å². The maximum atomic E-state index is 12.2. The minimum absolute atomic E-state index is 0.0210. The zero-order valence-corrected chi connectivity index (χ0v) is 27.0. The highest BCUT2D eigenvalue weighted by atomic mass is 35.5. The SMILES string of the molecule is O=C(CCC[C@H](C[C@H](NCl)C(=O)O)C(=O)O)NCC(=O)NCC(=O)Nc1ccc(N=Nc2ccc(NC(=O)CN3C(=O)C=CC3=O)cc2)cc1. The molecule has 1 heterocycles. The van der Waals surface area contributed by atoms with Gasteiger partial charge in [-0.3, -0.25) is 43.3 Å². The first-order valence-corrected chi connectivity index (χ1v) is 15.3. The van der Waals surface area contributed by atoms with Gasteiger partial charge in [0.25, 0.3) is 11.8 Å². The van der Waals surface area contributed by atoms with E-state index in [-0.39, 0.29) is 32.2 Å². The number of anilines is 2. The van der Waals surface area contributed by atoms with Gasteiger partial charge in [-0.15, -0.1) is 0 Å². The van der Waals surface area contributed by atoms with E-state index in [1.54, 1.807) is 48.5 Å². The van der Waals surface area contributed by atoms with E-state index in [0.29, 0.717) is 22.7 Å². The monoisotopic (exact) mass is 712 g/mol. The highest BCUT2D eigenvalue weighted by molar-refractivity contribution is 6.15. The summed E-state index contributed by atoms with van der Waals surface area (Å²) in [6, 6.07) is 11.4. The van der Waals surface area contributed by atoms with Gasteiger partial charge in [-0.05, 0) is 79.6 Å². The first-order valence-electron chi connectivity index (χ1n) is 14.9. The maximum absolute atomic E-state index is 12.2. The van der Waals surface area contributed by atoms with E-state index in [4.69, 9.17) is 16.9 Å². The molecule has 0 aliphatic carbocycles. The van der Waals surface area contributed by atoms with E-state index in [9.17, 15) is 43.5 Å². The van der Waals surface area contributed by atoms with Crippen LogP contribution < -0.4 is 26.1 Å². The van der Waals surface area contributed by atoms with Crippen LogP contribution in [0.3, 0.4) is 0 Å². The van der Waals surface area contributed by atoms with Gasteiger partial charge in [0, 0.05) is 29.9 Å². The van der Waals surface area contributed by atoms with Gasteiger partial charge < -0.3 is 31.5 Å². The zero-order chi connectivity index (χ0) is 36.6. The standard InChI is InChI=1S/C31H33ClN8O10/c32-37-23(31(49)50)14-18(30(47)48)2-1-3-24(41)33-15-25(42)34-16-26(43)35-19-4-8-21(9-5-19)38-39-22-10-6-20(7-11-22)36-27(44)17-40-28(45)12-13-29(40)46/h4-13,18,23,37H,1-3,14-17H2,(H,33,41)(H,34,42)(H,35,43)(H,36,44)(H,47,48)(H,49,50)/t18-,23+/m1/s1. The van der Waals surface area contributed by atoms with Crippen molar-refractivity contribution >= 4 is 81.9 Å². The van der Waals surface area contributed by atoms with Crippen molar-refractivity contribution in [3.63, 3.8) is 0 Å². The number of imide groups is 1. The molecule has 0 bridgehead atoms. The van der Waals surface area contributed by atoms with Crippen LogP contribution in [0, 0.1) is 5.92 Å². The number of nitrogens with one attached hydrogen (secondary N) is 5. The minimum Gasteiger partial charge on any atom is -0.481 e. The van der Waals surface area contributed by atoms with Crippen molar-refractivity contribution in [2.24, 2.45) is 16.1 Å². The zero-order valence-electron chi connectivity index (χ0n) is 26.3. The fourth-order valence-corrected chi connectivity index (χ4v) is 4.49. The summed E-state index contributed by atoms with van der Waals surface area (Å²) in [5.41, 5.74) is 1.78. The molecule has 0 saturated carbocycles. The molecule has 1 aliphatic heterocycles. The van der Waals surface area contributed by atoms with Crippen molar-refractivity contribution in [3.8, 4) is 0 Å². The smallest absolute Gasteiger partial charge is 0.321 e. The molecule has 50 heavy (non-hydrogen) atoms. The number of hydrogen-bond donors (Lipinski definition) is 7. The highest BCUT2D eigenvalue weighted by Gasteiger charge is 2.27. The third kappa shape index (κ3) is 12.9.